The molecular weight excluding hydrogens is 290 g/mol. The van der Waals surface area contributed by atoms with E-state index >= 15 is 0 Å². The highest BCUT2D eigenvalue weighted by Crippen LogP contribution is 2.13. The lowest BCUT2D eigenvalue weighted by molar-refractivity contribution is 0.312. The molecule has 0 fully saturated rings. The highest BCUT2D eigenvalue weighted by molar-refractivity contribution is 7.91. The third-order valence-electron chi connectivity index (χ3n) is 2.61. The smallest absolute Gasteiger partial charge is 0.316 e. The fourth-order valence-corrected chi connectivity index (χ4v) is 2.96. The molecular formula is C14H17N3O3S. The number of sulfonamides is 1. The summed E-state index contributed by atoms with van der Waals surface area (Å²) in [6, 6.07) is 7.60. The summed E-state index contributed by atoms with van der Waals surface area (Å²) >= 11 is 0. The van der Waals surface area contributed by atoms with Gasteiger partial charge < -0.3 is 4.74 Å². The van der Waals surface area contributed by atoms with E-state index in [0.29, 0.717) is 12.3 Å². The minimum absolute atomic E-state index is 0.0953. The number of aromatic nitrogens is 2. The topological polar surface area (TPSA) is 81.2 Å². The van der Waals surface area contributed by atoms with Gasteiger partial charge in [0, 0.05) is 0 Å². The maximum absolute atomic E-state index is 12.1. The molecule has 1 aromatic carbocycles. The monoisotopic (exact) mass is 307 g/mol. The van der Waals surface area contributed by atoms with Gasteiger partial charge in [-0.25, -0.2) is 18.4 Å². The number of rotatable bonds is 6. The Morgan fingerprint density at radius 3 is 2.57 bits per heavy atom. The van der Waals surface area contributed by atoms with E-state index in [0.717, 1.165) is 11.1 Å². The normalized spacial score (nSPS) is 11.1. The van der Waals surface area contributed by atoms with Crippen LogP contribution in [0.15, 0.2) is 36.7 Å². The Bertz CT molecular complexity index is 700. The summed E-state index contributed by atoms with van der Waals surface area (Å²) in [6.07, 6.45) is 2.76. The zero-order valence-electron chi connectivity index (χ0n) is 11.9. The number of anilines is 1. The Morgan fingerprint density at radius 1 is 1.24 bits per heavy atom. The van der Waals surface area contributed by atoms with E-state index in [4.69, 9.17) is 4.74 Å². The second-order valence-electron chi connectivity index (χ2n) is 4.54. The van der Waals surface area contributed by atoms with Crippen molar-refractivity contribution in [3.05, 3.63) is 47.8 Å². The Morgan fingerprint density at radius 2 is 1.95 bits per heavy atom. The van der Waals surface area contributed by atoms with Gasteiger partial charge in [0.15, 0.2) is 0 Å². The molecule has 1 aromatic heterocycles. The zero-order chi connectivity index (χ0) is 15.3. The molecule has 1 heterocycles. The molecule has 0 amide bonds. The summed E-state index contributed by atoms with van der Waals surface area (Å²) in [5, 5.41) is 0. The van der Waals surface area contributed by atoms with Crippen molar-refractivity contribution in [2.75, 3.05) is 11.3 Å². The lowest BCUT2D eigenvalue weighted by Gasteiger charge is -2.08. The van der Waals surface area contributed by atoms with Crippen molar-refractivity contribution in [1.29, 1.82) is 0 Å². The van der Waals surface area contributed by atoms with Crippen LogP contribution in [0.1, 0.15) is 18.1 Å². The molecule has 0 unspecified atom stereocenters. The predicted octanol–water partition coefficient (Wildman–Crippen LogP) is 2.13. The molecule has 0 saturated heterocycles. The fraction of sp³-hybridized carbons (Fsp3) is 0.286. The number of ether oxygens (including phenoxy) is 1. The maximum atomic E-state index is 12.1. The van der Waals surface area contributed by atoms with E-state index in [1.165, 1.54) is 12.4 Å². The molecule has 0 radical (unpaired) electrons. The van der Waals surface area contributed by atoms with Crippen LogP contribution in [-0.2, 0) is 15.8 Å². The first-order valence-electron chi connectivity index (χ1n) is 6.49. The van der Waals surface area contributed by atoms with Crippen molar-refractivity contribution in [1.82, 2.24) is 9.97 Å². The van der Waals surface area contributed by atoms with Gasteiger partial charge in [0.1, 0.15) is 0 Å². The minimum atomic E-state index is -3.50. The second-order valence-corrected chi connectivity index (χ2v) is 6.26. The number of hydrogen-bond donors (Lipinski definition) is 1. The maximum Gasteiger partial charge on any atom is 0.316 e. The van der Waals surface area contributed by atoms with Gasteiger partial charge in [0.25, 0.3) is 0 Å². The van der Waals surface area contributed by atoms with Gasteiger partial charge >= 0.3 is 6.01 Å². The van der Waals surface area contributed by atoms with Gasteiger partial charge in [0.2, 0.25) is 10.0 Å². The van der Waals surface area contributed by atoms with Crippen LogP contribution >= 0.6 is 0 Å². The molecule has 0 aliphatic rings. The van der Waals surface area contributed by atoms with Gasteiger partial charge in [-0.2, -0.15) is 0 Å². The quantitative estimate of drug-likeness (QED) is 0.884. The molecule has 21 heavy (non-hydrogen) atoms. The molecule has 0 atom stereocenters. The first-order chi connectivity index (χ1) is 9.98. The molecule has 0 bridgehead atoms. The molecule has 112 valence electrons. The van der Waals surface area contributed by atoms with Crippen molar-refractivity contribution in [3.63, 3.8) is 0 Å². The number of nitrogens with zero attached hydrogens (tertiary/aromatic N) is 2. The lowest BCUT2D eigenvalue weighted by Crippen LogP contribution is -2.15. The number of benzene rings is 1. The van der Waals surface area contributed by atoms with Crippen molar-refractivity contribution >= 4 is 15.7 Å². The number of aryl methyl sites for hydroxylation is 1. The minimum Gasteiger partial charge on any atom is -0.464 e. The largest absolute Gasteiger partial charge is 0.464 e. The molecule has 0 saturated carbocycles. The summed E-state index contributed by atoms with van der Waals surface area (Å²) in [4.78, 5) is 7.83. The average Bonchev–Trinajstić information content (AvgIpc) is 2.40. The Balaban J connectivity index is 2.06. The summed E-state index contributed by atoms with van der Waals surface area (Å²) in [5.41, 5.74) is 2.06. The third-order valence-corrected chi connectivity index (χ3v) is 3.87. The first kappa shape index (κ1) is 15.2. The molecule has 6 nitrogen and oxygen atoms in total. The SMILES string of the molecule is CCOc1ncc(NS(=O)(=O)Cc2cccc(C)c2)cn1. The van der Waals surface area contributed by atoms with E-state index in [1.807, 2.05) is 32.0 Å². The van der Waals surface area contributed by atoms with Gasteiger partial charge in [-0.3, -0.25) is 4.72 Å². The zero-order valence-corrected chi connectivity index (χ0v) is 12.7. The summed E-state index contributed by atoms with van der Waals surface area (Å²) in [7, 11) is -3.50. The molecule has 0 aliphatic carbocycles. The van der Waals surface area contributed by atoms with E-state index in [9.17, 15) is 8.42 Å². The van der Waals surface area contributed by atoms with Crippen LogP contribution in [0.5, 0.6) is 6.01 Å². The molecule has 7 heteroatoms. The van der Waals surface area contributed by atoms with E-state index < -0.39 is 10.0 Å². The summed E-state index contributed by atoms with van der Waals surface area (Å²) in [6.45, 7) is 4.20. The molecule has 0 aliphatic heterocycles. The van der Waals surface area contributed by atoms with E-state index in [2.05, 4.69) is 14.7 Å². The first-order valence-corrected chi connectivity index (χ1v) is 8.14. The molecule has 2 aromatic rings. The van der Waals surface area contributed by atoms with Crippen molar-refractivity contribution in [3.8, 4) is 6.01 Å². The molecule has 0 spiro atoms. The second kappa shape index (κ2) is 6.53. The predicted molar refractivity (Wildman–Crippen MR) is 80.6 cm³/mol. The van der Waals surface area contributed by atoms with Gasteiger partial charge in [-0.05, 0) is 19.4 Å². The van der Waals surface area contributed by atoms with Crippen LogP contribution < -0.4 is 9.46 Å². The Hall–Kier alpha value is -2.15. The van der Waals surface area contributed by atoms with Crippen LogP contribution in [0, 0.1) is 6.92 Å². The third kappa shape index (κ3) is 4.71. The van der Waals surface area contributed by atoms with Crippen LogP contribution in [0.25, 0.3) is 0 Å². The van der Waals surface area contributed by atoms with E-state index in [-0.39, 0.29) is 11.8 Å². The van der Waals surface area contributed by atoms with Gasteiger partial charge in [-0.1, -0.05) is 29.8 Å². The summed E-state index contributed by atoms with van der Waals surface area (Å²) < 4.78 is 31.7. The number of nitrogens with one attached hydrogen (secondary N) is 1. The van der Waals surface area contributed by atoms with Crippen LogP contribution in [0.2, 0.25) is 0 Å². The number of hydrogen-bond acceptors (Lipinski definition) is 5. The van der Waals surface area contributed by atoms with Crippen molar-refractivity contribution < 1.29 is 13.2 Å². The average molecular weight is 307 g/mol. The molecule has 1 N–H and O–H groups in total. The fourth-order valence-electron chi connectivity index (χ4n) is 1.81. The Kier molecular flexibility index (Phi) is 4.74. The van der Waals surface area contributed by atoms with Gasteiger partial charge in [-0.15, -0.1) is 0 Å². The highest BCUT2D eigenvalue weighted by Gasteiger charge is 2.12. The molecule has 2 rings (SSSR count). The van der Waals surface area contributed by atoms with Crippen LogP contribution in [0.3, 0.4) is 0 Å². The van der Waals surface area contributed by atoms with Gasteiger partial charge in [0.05, 0.1) is 30.4 Å². The summed E-state index contributed by atoms with van der Waals surface area (Å²) in [5.74, 6) is -0.0953. The Labute approximate surface area is 124 Å². The lowest BCUT2D eigenvalue weighted by atomic mass is 10.2. The van der Waals surface area contributed by atoms with Crippen LogP contribution in [0.4, 0.5) is 5.69 Å². The van der Waals surface area contributed by atoms with Crippen LogP contribution in [-0.4, -0.2) is 25.0 Å². The van der Waals surface area contributed by atoms with Crippen molar-refractivity contribution in [2.24, 2.45) is 0 Å². The van der Waals surface area contributed by atoms with Crippen molar-refractivity contribution in [2.45, 2.75) is 19.6 Å². The van der Waals surface area contributed by atoms with E-state index in [1.54, 1.807) is 6.07 Å². The highest BCUT2D eigenvalue weighted by atomic mass is 32.2. The standard InChI is InChI=1S/C14H17N3O3S/c1-3-20-14-15-8-13(9-16-14)17-21(18,19)10-12-6-4-5-11(2)7-12/h4-9,17H,3,10H2,1-2H3.